The Morgan fingerprint density at radius 2 is 1.67 bits per heavy atom. The molecule has 36 heavy (non-hydrogen) atoms. The molecule has 0 atom stereocenters. The minimum absolute atomic E-state index is 0.0910. The number of halogens is 4. The maximum atomic E-state index is 13.6. The fourth-order valence-corrected chi connectivity index (χ4v) is 3.43. The average Bonchev–Trinajstić information content (AvgIpc) is 2.82. The predicted molar refractivity (Wildman–Crippen MR) is 126 cm³/mol. The maximum absolute atomic E-state index is 13.6. The number of aryl methyl sites for hydroxylation is 1. The molecular formula is C26H27F4N3O3. The number of aromatic nitrogens is 2. The molecule has 1 N–H and O–H groups in total. The molecule has 2 aromatic carbocycles. The number of benzene rings is 2. The van der Waals surface area contributed by atoms with Crippen molar-refractivity contribution in [1.29, 1.82) is 0 Å². The van der Waals surface area contributed by atoms with Gasteiger partial charge in [0.05, 0.1) is 5.56 Å². The topological polar surface area (TPSA) is 75.6 Å². The SMILES string of the molecule is CCc1cnc(N(CCc2ccc(OC(C)(C)C(=O)O)cc2)Cc2ccc(F)cc2C(F)(F)F)nc1. The predicted octanol–water partition coefficient (Wildman–Crippen LogP) is 5.69. The van der Waals surface area contributed by atoms with Gasteiger partial charge in [-0.1, -0.05) is 25.1 Å². The first kappa shape index (κ1) is 26.9. The second-order valence-electron chi connectivity index (χ2n) is 8.78. The molecule has 0 spiro atoms. The normalized spacial score (nSPS) is 11.9. The Kier molecular flexibility index (Phi) is 8.17. The van der Waals surface area contributed by atoms with Gasteiger partial charge in [-0.15, -0.1) is 0 Å². The van der Waals surface area contributed by atoms with Crippen LogP contribution in [0, 0.1) is 5.82 Å². The summed E-state index contributed by atoms with van der Waals surface area (Å²) in [7, 11) is 0. The number of carboxylic acids is 1. The molecule has 0 saturated heterocycles. The summed E-state index contributed by atoms with van der Waals surface area (Å²) in [5.41, 5.74) is -0.796. The molecule has 10 heteroatoms. The van der Waals surface area contributed by atoms with E-state index in [9.17, 15) is 27.5 Å². The molecule has 3 rings (SSSR count). The van der Waals surface area contributed by atoms with Gasteiger partial charge in [0.25, 0.3) is 0 Å². The number of aliphatic carboxylic acids is 1. The van der Waals surface area contributed by atoms with E-state index >= 15 is 0 Å². The van der Waals surface area contributed by atoms with Crippen molar-refractivity contribution in [3.8, 4) is 5.75 Å². The van der Waals surface area contributed by atoms with E-state index in [-0.39, 0.29) is 24.6 Å². The molecule has 0 radical (unpaired) electrons. The second kappa shape index (κ2) is 10.9. The molecule has 1 heterocycles. The number of ether oxygens (including phenoxy) is 1. The Morgan fingerprint density at radius 1 is 1.03 bits per heavy atom. The van der Waals surface area contributed by atoms with E-state index in [2.05, 4.69) is 9.97 Å². The van der Waals surface area contributed by atoms with Crippen LogP contribution in [-0.4, -0.2) is 33.2 Å². The molecule has 0 amide bonds. The quantitative estimate of drug-likeness (QED) is 0.357. The monoisotopic (exact) mass is 505 g/mol. The molecule has 0 aliphatic heterocycles. The van der Waals surface area contributed by atoms with Crippen LogP contribution in [0.1, 0.15) is 43.0 Å². The second-order valence-corrected chi connectivity index (χ2v) is 8.78. The van der Waals surface area contributed by atoms with E-state index in [0.717, 1.165) is 23.3 Å². The summed E-state index contributed by atoms with van der Waals surface area (Å²) >= 11 is 0. The molecule has 0 aliphatic rings. The summed E-state index contributed by atoms with van der Waals surface area (Å²) in [6.07, 6.45) is -0.314. The number of hydrogen-bond acceptors (Lipinski definition) is 5. The molecule has 0 aliphatic carbocycles. The highest BCUT2D eigenvalue weighted by atomic mass is 19.4. The van der Waals surface area contributed by atoms with E-state index in [0.29, 0.717) is 24.7 Å². The number of anilines is 1. The zero-order chi connectivity index (χ0) is 26.5. The van der Waals surface area contributed by atoms with E-state index < -0.39 is 29.1 Å². The van der Waals surface area contributed by atoms with Gasteiger partial charge in [-0.05, 0) is 67.6 Å². The van der Waals surface area contributed by atoms with Gasteiger partial charge in [-0.2, -0.15) is 13.2 Å². The van der Waals surface area contributed by atoms with Crippen LogP contribution >= 0.6 is 0 Å². The number of carboxylic acid groups (broad SMARTS) is 1. The Balaban J connectivity index is 1.82. The standard InChI is InChI=1S/C26H27F4N3O3/c1-4-17-14-31-24(32-15-17)33(16-19-7-8-20(27)13-22(19)26(28,29)30)12-11-18-5-9-21(10-6-18)36-25(2,3)23(34)35/h5-10,13-15H,4,11-12,16H2,1-3H3,(H,34,35). The zero-order valence-corrected chi connectivity index (χ0v) is 20.1. The molecule has 0 bridgehead atoms. The van der Waals surface area contributed by atoms with Crippen LogP contribution in [0.3, 0.4) is 0 Å². The van der Waals surface area contributed by atoms with Crippen molar-refractivity contribution in [3.05, 3.63) is 82.9 Å². The smallest absolute Gasteiger partial charge is 0.416 e. The molecule has 0 saturated carbocycles. The first-order valence-electron chi connectivity index (χ1n) is 11.3. The third-order valence-electron chi connectivity index (χ3n) is 5.60. The van der Waals surface area contributed by atoms with Gasteiger partial charge in [0, 0.05) is 25.5 Å². The lowest BCUT2D eigenvalue weighted by Gasteiger charge is -2.25. The van der Waals surface area contributed by atoms with Gasteiger partial charge >= 0.3 is 12.1 Å². The lowest BCUT2D eigenvalue weighted by Crippen LogP contribution is -2.37. The van der Waals surface area contributed by atoms with Gasteiger partial charge in [-0.25, -0.2) is 19.2 Å². The third-order valence-corrected chi connectivity index (χ3v) is 5.60. The zero-order valence-electron chi connectivity index (χ0n) is 20.1. The largest absolute Gasteiger partial charge is 0.478 e. The highest BCUT2D eigenvalue weighted by Crippen LogP contribution is 2.33. The number of alkyl halides is 3. The van der Waals surface area contributed by atoms with Crippen molar-refractivity contribution >= 4 is 11.9 Å². The molecule has 0 fully saturated rings. The third kappa shape index (κ3) is 6.93. The summed E-state index contributed by atoms with van der Waals surface area (Å²) in [5.74, 6) is -1.43. The molecule has 3 aromatic rings. The minimum Gasteiger partial charge on any atom is -0.478 e. The van der Waals surface area contributed by atoms with Crippen LogP contribution in [0.2, 0.25) is 0 Å². The van der Waals surface area contributed by atoms with E-state index in [4.69, 9.17) is 4.74 Å². The molecule has 6 nitrogen and oxygen atoms in total. The van der Waals surface area contributed by atoms with Crippen LogP contribution in [0.5, 0.6) is 5.75 Å². The van der Waals surface area contributed by atoms with Crippen molar-refractivity contribution in [3.63, 3.8) is 0 Å². The van der Waals surface area contributed by atoms with Gasteiger partial charge in [0.2, 0.25) is 5.95 Å². The number of carbonyl (C=O) groups is 1. The van der Waals surface area contributed by atoms with E-state index in [1.165, 1.54) is 13.8 Å². The van der Waals surface area contributed by atoms with Crippen molar-refractivity contribution in [2.24, 2.45) is 0 Å². The van der Waals surface area contributed by atoms with Gasteiger partial charge in [0.1, 0.15) is 11.6 Å². The molecular weight excluding hydrogens is 478 g/mol. The van der Waals surface area contributed by atoms with E-state index in [1.54, 1.807) is 41.6 Å². The number of nitrogens with zero attached hydrogens (tertiary/aromatic N) is 3. The van der Waals surface area contributed by atoms with Crippen LogP contribution < -0.4 is 9.64 Å². The lowest BCUT2D eigenvalue weighted by molar-refractivity contribution is -0.152. The van der Waals surface area contributed by atoms with Crippen LogP contribution in [0.4, 0.5) is 23.5 Å². The first-order valence-corrected chi connectivity index (χ1v) is 11.3. The van der Waals surface area contributed by atoms with Gasteiger partial charge in [0.15, 0.2) is 5.60 Å². The van der Waals surface area contributed by atoms with Crippen LogP contribution in [0.25, 0.3) is 0 Å². The Labute approximate surface area is 206 Å². The summed E-state index contributed by atoms with van der Waals surface area (Å²) in [6, 6.07) is 9.41. The summed E-state index contributed by atoms with van der Waals surface area (Å²) in [6.45, 7) is 4.93. The van der Waals surface area contributed by atoms with Gasteiger partial charge in [-0.3, -0.25) is 0 Å². The van der Waals surface area contributed by atoms with E-state index in [1.807, 2.05) is 6.92 Å². The van der Waals surface area contributed by atoms with Crippen LogP contribution in [0.15, 0.2) is 54.9 Å². The molecule has 0 unspecified atom stereocenters. The highest BCUT2D eigenvalue weighted by molar-refractivity contribution is 5.76. The van der Waals surface area contributed by atoms with Crippen molar-refractivity contribution < 1.29 is 32.2 Å². The number of hydrogen-bond donors (Lipinski definition) is 1. The number of rotatable bonds is 10. The minimum atomic E-state index is -4.71. The summed E-state index contributed by atoms with van der Waals surface area (Å²) in [4.78, 5) is 21.5. The Morgan fingerprint density at radius 3 is 2.22 bits per heavy atom. The average molecular weight is 506 g/mol. The van der Waals surface area contributed by atoms with Crippen molar-refractivity contribution in [2.75, 3.05) is 11.4 Å². The van der Waals surface area contributed by atoms with Crippen molar-refractivity contribution in [1.82, 2.24) is 9.97 Å². The first-order chi connectivity index (χ1) is 16.9. The molecule has 1 aromatic heterocycles. The summed E-state index contributed by atoms with van der Waals surface area (Å²) < 4.78 is 59.8. The maximum Gasteiger partial charge on any atom is 0.416 e. The molecule has 192 valence electrons. The Hall–Kier alpha value is -3.69. The highest BCUT2D eigenvalue weighted by Gasteiger charge is 2.34. The van der Waals surface area contributed by atoms with Crippen LogP contribution in [-0.2, 0) is 30.4 Å². The lowest BCUT2D eigenvalue weighted by atomic mass is 10.1. The fourth-order valence-electron chi connectivity index (χ4n) is 3.43. The van der Waals surface area contributed by atoms with Gasteiger partial charge < -0.3 is 14.7 Å². The summed E-state index contributed by atoms with van der Waals surface area (Å²) in [5, 5.41) is 9.22. The van der Waals surface area contributed by atoms with Crippen molar-refractivity contribution in [2.45, 2.75) is 51.9 Å². The fraction of sp³-hybridized carbons (Fsp3) is 0.346. The Bertz CT molecular complexity index is 1180.